The number of hydrogen-bond donors (Lipinski definition) is 1. The number of ether oxygens (including phenoxy) is 2. The number of allylic oxidation sites excluding steroid dienone is 1. The third-order valence-corrected chi connectivity index (χ3v) is 4.42. The molecule has 25 heavy (non-hydrogen) atoms. The van der Waals surface area contributed by atoms with Gasteiger partial charge >= 0.3 is 11.6 Å². The SMILES string of the molecule is C/C=C(\C)C(=O)OC1c2cc3ccc(=O)oc3cc2OC(C)(C)C1O. The molecule has 2 heterocycles. The van der Waals surface area contributed by atoms with Crippen molar-refractivity contribution in [2.45, 2.75) is 45.5 Å². The molecule has 0 amide bonds. The van der Waals surface area contributed by atoms with Crippen LogP contribution >= 0.6 is 0 Å². The van der Waals surface area contributed by atoms with E-state index in [-0.39, 0.29) is 0 Å². The van der Waals surface area contributed by atoms with Gasteiger partial charge in [0.05, 0.1) is 0 Å². The molecule has 1 aliphatic heterocycles. The minimum atomic E-state index is -1.05. The Balaban J connectivity index is 2.14. The normalized spacial score (nSPS) is 22.2. The Kier molecular flexibility index (Phi) is 4.16. The van der Waals surface area contributed by atoms with E-state index in [9.17, 15) is 14.7 Å². The summed E-state index contributed by atoms with van der Waals surface area (Å²) in [5.74, 6) is -0.0945. The first-order chi connectivity index (χ1) is 11.7. The van der Waals surface area contributed by atoms with Crippen molar-refractivity contribution in [2.75, 3.05) is 0 Å². The molecule has 0 saturated heterocycles. The van der Waals surface area contributed by atoms with E-state index in [1.54, 1.807) is 52.0 Å². The van der Waals surface area contributed by atoms with E-state index >= 15 is 0 Å². The summed E-state index contributed by atoms with van der Waals surface area (Å²) in [6.45, 7) is 6.80. The third-order valence-electron chi connectivity index (χ3n) is 4.42. The van der Waals surface area contributed by atoms with E-state index in [1.165, 1.54) is 6.07 Å². The average Bonchev–Trinajstić information content (AvgIpc) is 2.56. The van der Waals surface area contributed by atoms with Gasteiger partial charge in [-0.3, -0.25) is 0 Å². The van der Waals surface area contributed by atoms with E-state index < -0.39 is 29.4 Å². The highest BCUT2D eigenvalue weighted by Gasteiger charge is 2.45. The highest BCUT2D eigenvalue weighted by molar-refractivity contribution is 5.88. The molecule has 2 aromatic rings. The quantitative estimate of drug-likeness (QED) is 0.512. The van der Waals surface area contributed by atoms with Crippen LogP contribution in [-0.4, -0.2) is 22.8 Å². The zero-order valence-electron chi connectivity index (χ0n) is 14.5. The van der Waals surface area contributed by atoms with Gasteiger partial charge in [0, 0.05) is 28.7 Å². The van der Waals surface area contributed by atoms with Gasteiger partial charge in [-0.2, -0.15) is 0 Å². The van der Waals surface area contributed by atoms with Gasteiger partial charge in [-0.05, 0) is 39.8 Å². The molecule has 0 aliphatic carbocycles. The fraction of sp³-hybridized carbons (Fsp3) is 0.368. The summed E-state index contributed by atoms with van der Waals surface area (Å²) in [6.07, 6.45) is -0.297. The maximum Gasteiger partial charge on any atom is 0.336 e. The molecule has 0 saturated carbocycles. The van der Waals surface area contributed by atoms with E-state index in [0.29, 0.717) is 27.9 Å². The van der Waals surface area contributed by atoms with Gasteiger partial charge in [0.25, 0.3) is 0 Å². The average molecular weight is 344 g/mol. The summed E-state index contributed by atoms with van der Waals surface area (Å²) in [5, 5.41) is 11.3. The zero-order chi connectivity index (χ0) is 18.4. The number of rotatable bonds is 2. The van der Waals surface area contributed by atoms with Crippen LogP contribution in [0.4, 0.5) is 0 Å². The molecule has 3 rings (SSSR count). The number of benzene rings is 1. The number of aliphatic hydroxyl groups excluding tert-OH is 1. The predicted octanol–water partition coefficient (Wildman–Crippen LogP) is 2.88. The van der Waals surface area contributed by atoms with Gasteiger partial charge < -0.3 is 19.0 Å². The van der Waals surface area contributed by atoms with E-state index in [4.69, 9.17) is 13.9 Å². The van der Waals surface area contributed by atoms with Gasteiger partial charge in [0.1, 0.15) is 23.0 Å². The van der Waals surface area contributed by atoms with Crippen LogP contribution in [0.15, 0.2) is 45.1 Å². The Labute approximate surface area is 144 Å². The van der Waals surface area contributed by atoms with E-state index in [2.05, 4.69) is 0 Å². The molecule has 6 nitrogen and oxygen atoms in total. The lowest BCUT2D eigenvalue weighted by Crippen LogP contribution is -2.49. The first kappa shape index (κ1) is 17.2. The van der Waals surface area contributed by atoms with E-state index in [1.807, 2.05) is 0 Å². The molecule has 2 unspecified atom stereocenters. The molecule has 1 aromatic carbocycles. The molecule has 0 radical (unpaired) electrons. The molecule has 2 atom stereocenters. The second-order valence-electron chi connectivity index (χ2n) is 6.63. The van der Waals surface area contributed by atoms with Crippen LogP contribution in [0.25, 0.3) is 11.0 Å². The molecule has 132 valence electrons. The van der Waals surface area contributed by atoms with Crippen molar-refractivity contribution in [1.29, 1.82) is 0 Å². The fourth-order valence-corrected chi connectivity index (χ4v) is 2.76. The Morgan fingerprint density at radius 1 is 1.32 bits per heavy atom. The van der Waals surface area contributed by atoms with Crippen LogP contribution in [0.5, 0.6) is 5.75 Å². The van der Waals surface area contributed by atoms with Crippen molar-refractivity contribution < 1.29 is 23.8 Å². The first-order valence-electron chi connectivity index (χ1n) is 8.01. The monoisotopic (exact) mass is 344 g/mol. The van der Waals surface area contributed by atoms with Crippen LogP contribution < -0.4 is 10.4 Å². The third kappa shape index (κ3) is 3.05. The first-order valence-corrected chi connectivity index (χ1v) is 8.01. The summed E-state index contributed by atoms with van der Waals surface area (Å²) in [6, 6.07) is 6.21. The zero-order valence-corrected chi connectivity index (χ0v) is 14.5. The Bertz CT molecular complexity index is 921. The standard InChI is InChI=1S/C19H20O6/c1-5-10(2)18(22)24-16-12-8-11-6-7-15(20)23-13(11)9-14(12)25-19(3,4)17(16)21/h5-9,16-17,21H,1-4H3/b10-5+. The number of aliphatic hydroxyl groups is 1. The maximum atomic E-state index is 12.2. The maximum absolute atomic E-state index is 12.2. The highest BCUT2D eigenvalue weighted by Crippen LogP contribution is 2.43. The summed E-state index contributed by atoms with van der Waals surface area (Å²) < 4.78 is 16.6. The number of esters is 1. The van der Waals surface area contributed by atoms with Crippen LogP contribution in [0.1, 0.15) is 39.4 Å². The molecule has 1 N–H and O–H groups in total. The van der Waals surface area contributed by atoms with Gasteiger partial charge in [0.2, 0.25) is 0 Å². The van der Waals surface area contributed by atoms with Crippen molar-refractivity contribution in [2.24, 2.45) is 0 Å². The minimum absolute atomic E-state index is 0.369. The number of hydrogen-bond acceptors (Lipinski definition) is 6. The lowest BCUT2D eigenvalue weighted by molar-refractivity contribution is -0.166. The molecule has 0 fully saturated rings. The molecule has 1 aromatic heterocycles. The Morgan fingerprint density at radius 3 is 2.72 bits per heavy atom. The predicted molar refractivity (Wildman–Crippen MR) is 91.5 cm³/mol. The number of carbonyl (C=O) groups excluding carboxylic acids is 1. The second kappa shape index (κ2) is 6.04. The molecular formula is C19H20O6. The van der Waals surface area contributed by atoms with Crippen molar-refractivity contribution in [3.63, 3.8) is 0 Å². The number of fused-ring (bicyclic) bond motifs is 2. The molecular weight excluding hydrogens is 324 g/mol. The molecule has 1 aliphatic rings. The van der Waals surface area contributed by atoms with Gasteiger partial charge in [-0.25, -0.2) is 9.59 Å². The number of carbonyl (C=O) groups is 1. The van der Waals surface area contributed by atoms with Gasteiger partial charge in [0.15, 0.2) is 6.10 Å². The molecule has 6 heteroatoms. The summed E-state index contributed by atoms with van der Waals surface area (Å²) in [5.41, 5.74) is -0.0949. The van der Waals surface area contributed by atoms with Crippen molar-refractivity contribution in [3.05, 3.63) is 51.9 Å². The van der Waals surface area contributed by atoms with Crippen LogP contribution in [0, 0.1) is 0 Å². The van der Waals surface area contributed by atoms with E-state index in [0.717, 1.165) is 0 Å². The molecule has 0 bridgehead atoms. The fourth-order valence-electron chi connectivity index (χ4n) is 2.76. The van der Waals surface area contributed by atoms with Crippen LogP contribution in [0.3, 0.4) is 0 Å². The Morgan fingerprint density at radius 2 is 2.04 bits per heavy atom. The summed E-state index contributed by atoms with van der Waals surface area (Å²) in [7, 11) is 0. The lowest BCUT2D eigenvalue weighted by Gasteiger charge is -2.41. The van der Waals surface area contributed by atoms with Crippen molar-refractivity contribution >= 4 is 16.9 Å². The largest absolute Gasteiger partial charge is 0.484 e. The smallest absolute Gasteiger partial charge is 0.336 e. The topological polar surface area (TPSA) is 86.0 Å². The summed E-state index contributed by atoms with van der Waals surface area (Å²) >= 11 is 0. The van der Waals surface area contributed by atoms with Crippen molar-refractivity contribution in [1.82, 2.24) is 0 Å². The van der Waals surface area contributed by atoms with Crippen molar-refractivity contribution in [3.8, 4) is 5.75 Å². The second-order valence-corrected chi connectivity index (χ2v) is 6.63. The van der Waals surface area contributed by atoms with Crippen LogP contribution in [0.2, 0.25) is 0 Å². The minimum Gasteiger partial charge on any atom is -0.484 e. The van der Waals surface area contributed by atoms with Gasteiger partial charge in [-0.1, -0.05) is 6.08 Å². The highest BCUT2D eigenvalue weighted by atomic mass is 16.6. The van der Waals surface area contributed by atoms with Crippen LogP contribution in [-0.2, 0) is 9.53 Å². The lowest BCUT2D eigenvalue weighted by atomic mass is 9.87. The summed E-state index contributed by atoms with van der Waals surface area (Å²) in [4.78, 5) is 23.6. The Hall–Kier alpha value is -2.60. The van der Waals surface area contributed by atoms with Gasteiger partial charge in [-0.15, -0.1) is 0 Å². The molecule has 0 spiro atoms.